The van der Waals surface area contributed by atoms with Crippen molar-refractivity contribution >= 4 is 5.91 Å². The maximum atomic E-state index is 12.9. The minimum Gasteiger partial charge on any atom is -0.497 e. The summed E-state index contributed by atoms with van der Waals surface area (Å²) >= 11 is 0. The molecule has 4 heteroatoms. The van der Waals surface area contributed by atoms with Crippen molar-refractivity contribution in [1.29, 1.82) is 0 Å². The molecular weight excluding hydrogens is 374 g/mol. The van der Waals surface area contributed by atoms with Gasteiger partial charge in [0.1, 0.15) is 5.75 Å². The van der Waals surface area contributed by atoms with Crippen LogP contribution >= 0.6 is 0 Å². The van der Waals surface area contributed by atoms with E-state index in [1.54, 1.807) is 7.11 Å². The largest absolute Gasteiger partial charge is 0.497 e. The second kappa shape index (κ2) is 9.59. The van der Waals surface area contributed by atoms with Gasteiger partial charge in [-0.05, 0) is 35.2 Å². The van der Waals surface area contributed by atoms with Gasteiger partial charge < -0.3 is 14.4 Å². The van der Waals surface area contributed by atoms with Gasteiger partial charge in [-0.2, -0.15) is 0 Å². The van der Waals surface area contributed by atoms with Gasteiger partial charge in [-0.25, -0.2) is 0 Å². The molecule has 1 aliphatic heterocycles. The van der Waals surface area contributed by atoms with Crippen LogP contribution < -0.4 is 4.74 Å². The van der Waals surface area contributed by atoms with Crippen LogP contribution in [-0.2, 0) is 29.1 Å². The van der Waals surface area contributed by atoms with Gasteiger partial charge in [0.25, 0.3) is 0 Å². The van der Waals surface area contributed by atoms with E-state index in [0.29, 0.717) is 19.6 Å². The van der Waals surface area contributed by atoms with Crippen molar-refractivity contribution in [1.82, 2.24) is 4.90 Å². The molecule has 3 aromatic rings. The topological polar surface area (TPSA) is 38.8 Å². The Labute approximate surface area is 178 Å². The molecule has 30 heavy (non-hydrogen) atoms. The number of methoxy groups -OCH3 is 1. The molecule has 0 bridgehead atoms. The van der Waals surface area contributed by atoms with Crippen molar-refractivity contribution < 1.29 is 14.3 Å². The fourth-order valence-electron chi connectivity index (χ4n) is 3.99. The van der Waals surface area contributed by atoms with Crippen LogP contribution in [0.5, 0.6) is 5.75 Å². The Balaban J connectivity index is 1.52. The molecule has 154 valence electrons. The number of hydrogen-bond acceptors (Lipinski definition) is 3. The third-order valence-electron chi connectivity index (χ3n) is 5.63. The van der Waals surface area contributed by atoms with E-state index in [1.807, 2.05) is 65.6 Å². The van der Waals surface area contributed by atoms with Crippen molar-refractivity contribution in [2.75, 3.05) is 7.11 Å². The van der Waals surface area contributed by atoms with E-state index in [1.165, 1.54) is 5.56 Å². The Kier molecular flexibility index (Phi) is 6.45. The molecule has 1 fully saturated rings. The predicted octanol–water partition coefficient (Wildman–Crippen LogP) is 4.62. The minimum atomic E-state index is -0.129. The normalized spacial score (nSPS) is 18.6. The quantitative estimate of drug-likeness (QED) is 0.553. The minimum absolute atomic E-state index is 0.00529. The first-order chi connectivity index (χ1) is 14.7. The van der Waals surface area contributed by atoms with Crippen molar-refractivity contribution in [3.63, 3.8) is 0 Å². The molecule has 2 atom stereocenters. The van der Waals surface area contributed by atoms with Gasteiger partial charge >= 0.3 is 0 Å². The summed E-state index contributed by atoms with van der Waals surface area (Å²) in [5.74, 6) is 0.959. The highest BCUT2D eigenvalue weighted by molar-refractivity contribution is 5.80. The van der Waals surface area contributed by atoms with Gasteiger partial charge in [-0.3, -0.25) is 4.79 Å². The van der Waals surface area contributed by atoms with Gasteiger partial charge in [-0.15, -0.1) is 0 Å². The molecule has 1 heterocycles. The molecule has 0 radical (unpaired) electrons. The number of carbonyl (C=O) groups excluding carboxylic acids is 1. The highest BCUT2D eigenvalue weighted by Gasteiger charge is 2.40. The Hall–Kier alpha value is -3.11. The lowest BCUT2D eigenvalue weighted by molar-refractivity contribution is -0.129. The van der Waals surface area contributed by atoms with E-state index in [4.69, 9.17) is 9.47 Å². The van der Waals surface area contributed by atoms with E-state index in [0.717, 1.165) is 23.3 Å². The van der Waals surface area contributed by atoms with Crippen molar-refractivity contribution in [3.05, 3.63) is 102 Å². The molecule has 0 N–H and O–H groups in total. The molecule has 1 aliphatic rings. The average Bonchev–Trinajstić information content (AvgIpc) is 3.08. The summed E-state index contributed by atoms with van der Waals surface area (Å²) in [5, 5.41) is 0. The molecule has 0 unspecified atom stereocenters. The number of carbonyl (C=O) groups is 1. The third-order valence-corrected chi connectivity index (χ3v) is 5.63. The number of amides is 1. The van der Waals surface area contributed by atoms with Gasteiger partial charge in [0.05, 0.1) is 32.3 Å². The zero-order chi connectivity index (χ0) is 20.8. The summed E-state index contributed by atoms with van der Waals surface area (Å²) in [7, 11) is 1.66. The summed E-state index contributed by atoms with van der Waals surface area (Å²) < 4.78 is 11.5. The standard InChI is InChI=1S/C26H27NO3/c1-29-23-14-12-21(13-15-23)18-27-24(16-20-8-4-2-5-9-20)25(17-26(27)28)30-19-22-10-6-3-7-11-22/h2-15,24-25H,16-19H2,1H3/t24-,25+/m0/s1. The molecule has 0 aliphatic carbocycles. The maximum absolute atomic E-state index is 12.9. The lowest BCUT2D eigenvalue weighted by atomic mass is 10.0. The Morgan fingerprint density at radius 3 is 2.10 bits per heavy atom. The molecule has 4 rings (SSSR count). The van der Waals surface area contributed by atoms with Crippen LogP contribution in [0, 0.1) is 0 Å². The molecule has 0 saturated carbocycles. The molecular formula is C26H27NO3. The average molecular weight is 402 g/mol. The first kappa shape index (κ1) is 20.2. The highest BCUT2D eigenvalue weighted by Crippen LogP contribution is 2.28. The van der Waals surface area contributed by atoms with Crippen LogP contribution in [0.2, 0.25) is 0 Å². The summed E-state index contributed by atoms with van der Waals surface area (Å²) in [6.45, 7) is 1.09. The Morgan fingerprint density at radius 1 is 0.833 bits per heavy atom. The molecule has 3 aromatic carbocycles. The molecule has 1 amide bonds. The number of rotatable bonds is 8. The number of ether oxygens (including phenoxy) is 2. The number of hydrogen-bond donors (Lipinski definition) is 0. The fraction of sp³-hybridized carbons (Fsp3) is 0.269. The summed E-state index contributed by atoms with van der Waals surface area (Å²) in [5.41, 5.74) is 3.42. The van der Waals surface area contributed by atoms with Crippen LogP contribution in [-0.4, -0.2) is 30.1 Å². The molecule has 0 spiro atoms. The van der Waals surface area contributed by atoms with Crippen molar-refractivity contribution in [2.24, 2.45) is 0 Å². The van der Waals surface area contributed by atoms with Crippen LogP contribution in [0.1, 0.15) is 23.1 Å². The molecule has 4 nitrogen and oxygen atoms in total. The predicted molar refractivity (Wildman–Crippen MR) is 117 cm³/mol. The molecule has 1 saturated heterocycles. The van der Waals surface area contributed by atoms with Gasteiger partial charge in [0.15, 0.2) is 0 Å². The SMILES string of the molecule is COc1ccc(CN2C(=O)C[C@@H](OCc3ccccc3)[C@@H]2Cc2ccccc2)cc1. The van der Waals surface area contributed by atoms with Gasteiger partial charge in [0, 0.05) is 6.54 Å². The molecule has 0 aromatic heterocycles. The summed E-state index contributed by atoms with van der Waals surface area (Å²) in [6, 6.07) is 28.4. The van der Waals surface area contributed by atoms with E-state index in [9.17, 15) is 4.79 Å². The zero-order valence-corrected chi connectivity index (χ0v) is 17.2. The van der Waals surface area contributed by atoms with Crippen LogP contribution in [0.25, 0.3) is 0 Å². The maximum Gasteiger partial charge on any atom is 0.225 e. The van der Waals surface area contributed by atoms with Crippen molar-refractivity contribution in [2.45, 2.75) is 38.1 Å². The van der Waals surface area contributed by atoms with Crippen LogP contribution in [0.3, 0.4) is 0 Å². The monoisotopic (exact) mass is 401 g/mol. The number of benzene rings is 3. The first-order valence-corrected chi connectivity index (χ1v) is 10.3. The lowest BCUT2D eigenvalue weighted by Crippen LogP contribution is -2.39. The Bertz CT molecular complexity index is 941. The first-order valence-electron chi connectivity index (χ1n) is 10.3. The fourth-order valence-corrected chi connectivity index (χ4v) is 3.99. The van der Waals surface area contributed by atoms with Crippen LogP contribution in [0.15, 0.2) is 84.9 Å². The zero-order valence-electron chi connectivity index (χ0n) is 17.2. The van der Waals surface area contributed by atoms with Gasteiger partial charge in [0.2, 0.25) is 5.91 Å². The Morgan fingerprint density at radius 2 is 1.47 bits per heavy atom. The summed E-state index contributed by atoms with van der Waals surface area (Å²) in [6.07, 6.45) is 1.07. The second-order valence-electron chi connectivity index (χ2n) is 7.67. The number of likely N-dealkylation sites (tertiary alicyclic amines) is 1. The second-order valence-corrected chi connectivity index (χ2v) is 7.67. The van der Waals surface area contributed by atoms with E-state index in [2.05, 4.69) is 24.3 Å². The smallest absolute Gasteiger partial charge is 0.225 e. The highest BCUT2D eigenvalue weighted by atomic mass is 16.5. The summed E-state index contributed by atoms with van der Waals surface area (Å²) in [4.78, 5) is 14.9. The van der Waals surface area contributed by atoms with E-state index in [-0.39, 0.29) is 18.1 Å². The van der Waals surface area contributed by atoms with Crippen molar-refractivity contribution in [3.8, 4) is 5.75 Å². The van der Waals surface area contributed by atoms with Gasteiger partial charge in [-0.1, -0.05) is 72.8 Å². The van der Waals surface area contributed by atoms with Crippen LogP contribution in [0.4, 0.5) is 0 Å². The lowest BCUT2D eigenvalue weighted by Gasteiger charge is -2.28. The van der Waals surface area contributed by atoms with E-state index < -0.39 is 0 Å². The third kappa shape index (κ3) is 4.89. The number of nitrogens with zero attached hydrogens (tertiary/aromatic N) is 1. The van der Waals surface area contributed by atoms with E-state index >= 15 is 0 Å².